The van der Waals surface area contributed by atoms with Gasteiger partial charge >= 0.3 is 5.76 Å². The normalized spacial score (nSPS) is 10.6. The second-order valence-corrected chi connectivity index (χ2v) is 3.85. The fourth-order valence-electron chi connectivity index (χ4n) is 1.78. The van der Waals surface area contributed by atoms with Gasteiger partial charge in [-0.15, -0.1) is 0 Å². The molecular weight excluding hydrogens is 204 g/mol. The molecule has 0 unspecified atom stereocenters. The van der Waals surface area contributed by atoms with E-state index < -0.39 is 5.76 Å². The van der Waals surface area contributed by atoms with Gasteiger partial charge in [0, 0.05) is 5.56 Å². The van der Waals surface area contributed by atoms with Gasteiger partial charge < -0.3 is 0 Å². The van der Waals surface area contributed by atoms with Crippen LogP contribution in [0.2, 0.25) is 0 Å². The molecule has 0 aliphatic carbocycles. The van der Waals surface area contributed by atoms with E-state index in [1.807, 2.05) is 12.1 Å². The van der Waals surface area contributed by atoms with Crippen LogP contribution in [0, 0.1) is 6.92 Å². The van der Waals surface area contributed by atoms with Crippen LogP contribution in [0.15, 0.2) is 27.5 Å². The molecule has 0 atom stereocenters. The number of hydrogen-bond acceptors (Lipinski definition) is 3. The molecular formula is C12H14N2O2. The number of aromatic nitrogens is 2. The van der Waals surface area contributed by atoms with Crippen molar-refractivity contribution < 1.29 is 4.52 Å². The second-order valence-electron chi connectivity index (χ2n) is 3.85. The summed E-state index contributed by atoms with van der Waals surface area (Å²) in [6.45, 7) is 4.17. The van der Waals surface area contributed by atoms with Crippen LogP contribution in [-0.4, -0.2) is 10.1 Å². The predicted octanol–water partition coefficient (Wildman–Crippen LogP) is 2.29. The van der Waals surface area contributed by atoms with E-state index in [0.29, 0.717) is 5.82 Å². The summed E-state index contributed by atoms with van der Waals surface area (Å²) in [4.78, 5) is 13.5. The molecule has 1 aromatic carbocycles. The summed E-state index contributed by atoms with van der Waals surface area (Å²) in [6, 6.07) is 6.08. The van der Waals surface area contributed by atoms with Crippen molar-refractivity contribution in [2.45, 2.75) is 26.7 Å². The van der Waals surface area contributed by atoms with E-state index in [2.05, 4.69) is 34.6 Å². The largest absolute Gasteiger partial charge is 0.439 e. The molecule has 0 aliphatic rings. The Labute approximate surface area is 93.3 Å². The maximum absolute atomic E-state index is 10.9. The Morgan fingerprint density at radius 1 is 1.44 bits per heavy atom. The Morgan fingerprint density at radius 3 is 2.88 bits per heavy atom. The number of nitrogens with one attached hydrogen (secondary N) is 1. The molecule has 4 nitrogen and oxygen atoms in total. The zero-order chi connectivity index (χ0) is 11.5. The first kappa shape index (κ1) is 10.7. The van der Waals surface area contributed by atoms with Gasteiger partial charge in [-0.25, -0.2) is 4.79 Å². The van der Waals surface area contributed by atoms with Crippen LogP contribution in [0.25, 0.3) is 11.4 Å². The molecule has 2 aromatic rings. The minimum Gasteiger partial charge on any atom is -0.296 e. The highest BCUT2D eigenvalue weighted by Crippen LogP contribution is 2.22. The molecule has 4 heteroatoms. The highest BCUT2D eigenvalue weighted by molar-refractivity contribution is 5.60. The maximum Gasteiger partial charge on any atom is 0.439 e. The standard InChI is InChI=1S/C12H14N2O2/c1-3-4-9-7-8(2)5-6-10(9)11-13-12(15)16-14-11/h5-7H,3-4H2,1-2H3,(H,13,14,15). The van der Waals surface area contributed by atoms with E-state index in [0.717, 1.165) is 18.4 Å². The SMILES string of the molecule is CCCc1cc(C)ccc1-c1noc(=O)[nH]1. The Bertz CT molecular complexity index is 540. The van der Waals surface area contributed by atoms with Crippen LogP contribution in [0.1, 0.15) is 24.5 Å². The molecule has 1 aromatic heterocycles. The van der Waals surface area contributed by atoms with E-state index in [-0.39, 0.29) is 0 Å². The monoisotopic (exact) mass is 218 g/mol. The molecule has 2 rings (SSSR count). The Kier molecular flexibility index (Phi) is 2.90. The summed E-state index contributed by atoms with van der Waals surface area (Å²) in [5.74, 6) is -0.00789. The topological polar surface area (TPSA) is 58.9 Å². The van der Waals surface area contributed by atoms with Crippen LogP contribution < -0.4 is 5.76 Å². The lowest BCUT2D eigenvalue weighted by Crippen LogP contribution is -1.97. The van der Waals surface area contributed by atoms with Gasteiger partial charge in [0.2, 0.25) is 0 Å². The summed E-state index contributed by atoms with van der Waals surface area (Å²) >= 11 is 0. The molecule has 84 valence electrons. The quantitative estimate of drug-likeness (QED) is 0.859. The molecule has 0 aliphatic heterocycles. The highest BCUT2D eigenvalue weighted by atomic mass is 16.5. The van der Waals surface area contributed by atoms with Crippen LogP contribution in [0.3, 0.4) is 0 Å². The average Bonchev–Trinajstić information content (AvgIpc) is 2.65. The van der Waals surface area contributed by atoms with Gasteiger partial charge in [0.05, 0.1) is 0 Å². The third-order valence-corrected chi connectivity index (χ3v) is 2.48. The molecule has 0 spiro atoms. The molecule has 1 heterocycles. The zero-order valence-electron chi connectivity index (χ0n) is 9.41. The van der Waals surface area contributed by atoms with Gasteiger partial charge in [-0.3, -0.25) is 9.51 Å². The van der Waals surface area contributed by atoms with Crippen LogP contribution in [0.4, 0.5) is 0 Å². The van der Waals surface area contributed by atoms with E-state index in [9.17, 15) is 4.79 Å². The predicted molar refractivity (Wildman–Crippen MR) is 61.3 cm³/mol. The van der Waals surface area contributed by atoms with Crippen molar-refractivity contribution >= 4 is 0 Å². The number of rotatable bonds is 3. The second kappa shape index (κ2) is 4.35. The fraction of sp³-hybridized carbons (Fsp3) is 0.333. The summed E-state index contributed by atoms with van der Waals surface area (Å²) in [5.41, 5.74) is 3.34. The van der Waals surface area contributed by atoms with Gasteiger partial charge in [0.1, 0.15) is 0 Å². The number of benzene rings is 1. The lowest BCUT2D eigenvalue weighted by atomic mass is 10.0. The third-order valence-electron chi connectivity index (χ3n) is 2.48. The molecule has 1 N–H and O–H groups in total. The summed E-state index contributed by atoms with van der Waals surface area (Å²) in [5, 5.41) is 3.72. The first-order valence-corrected chi connectivity index (χ1v) is 5.36. The number of H-pyrrole nitrogens is 1. The van der Waals surface area contributed by atoms with E-state index >= 15 is 0 Å². The average molecular weight is 218 g/mol. The molecule has 0 bridgehead atoms. The van der Waals surface area contributed by atoms with Gasteiger partial charge in [0.25, 0.3) is 0 Å². The van der Waals surface area contributed by atoms with Gasteiger partial charge in [-0.05, 0) is 18.9 Å². The number of nitrogens with zero attached hydrogens (tertiary/aromatic N) is 1. The molecule has 16 heavy (non-hydrogen) atoms. The van der Waals surface area contributed by atoms with Crippen molar-refractivity contribution in [1.82, 2.24) is 10.1 Å². The first-order valence-electron chi connectivity index (χ1n) is 5.36. The lowest BCUT2D eigenvalue weighted by Gasteiger charge is -2.06. The summed E-state index contributed by atoms with van der Waals surface area (Å²) in [7, 11) is 0. The molecule has 0 radical (unpaired) electrons. The Morgan fingerprint density at radius 2 is 2.25 bits per heavy atom. The maximum atomic E-state index is 10.9. The fourth-order valence-corrected chi connectivity index (χ4v) is 1.78. The highest BCUT2D eigenvalue weighted by Gasteiger charge is 2.09. The molecule has 0 fully saturated rings. The van der Waals surface area contributed by atoms with Crippen LogP contribution >= 0.6 is 0 Å². The van der Waals surface area contributed by atoms with E-state index in [1.165, 1.54) is 11.1 Å². The molecule has 0 saturated heterocycles. The lowest BCUT2D eigenvalue weighted by molar-refractivity contribution is 0.388. The van der Waals surface area contributed by atoms with Crippen molar-refractivity contribution in [1.29, 1.82) is 0 Å². The number of aromatic amines is 1. The first-order chi connectivity index (χ1) is 7.70. The van der Waals surface area contributed by atoms with Crippen LogP contribution in [0.5, 0.6) is 0 Å². The smallest absolute Gasteiger partial charge is 0.296 e. The van der Waals surface area contributed by atoms with Crippen molar-refractivity contribution in [3.8, 4) is 11.4 Å². The number of aryl methyl sites for hydroxylation is 2. The van der Waals surface area contributed by atoms with Crippen molar-refractivity contribution in [3.63, 3.8) is 0 Å². The van der Waals surface area contributed by atoms with Gasteiger partial charge in [0.15, 0.2) is 5.82 Å². The van der Waals surface area contributed by atoms with E-state index in [4.69, 9.17) is 0 Å². The number of hydrogen-bond donors (Lipinski definition) is 1. The summed E-state index contributed by atoms with van der Waals surface area (Å²) < 4.78 is 4.52. The van der Waals surface area contributed by atoms with Gasteiger partial charge in [-0.1, -0.05) is 42.3 Å². The van der Waals surface area contributed by atoms with Crippen LogP contribution in [-0.2, 0) is 6.42 Å². The van der Waals surface area contributed by atoms with Crippen molar-refractivity contribution in [3.05, 3.63) is 39.9 Å². The zero-order valence-corrected chi connectivity index (χ0v) is 9.41. The third kappa shape index (κ3) is 2.05. The minimum atomic E-state index is -0.516. The van der Waals surface area contributed by atoms with Crippen molar-refractivity contribution in [2.24, 2.45) is 0 Å². The minimum absolute atomic E-state index is 0.508. The van der Waals surface area contributed by atoms with Crippen molar-refractivity contribution in [2.75, 3.05) is 0 Å². The Balaban J connectivity index is 2.51. The van der Waals surface area contributed by atoms with Gasteiger partial charge in [-0.2, -0.15) is 0 Å². The molecule has 0 amide bonds. The molecule has 0 saturated carbocycles. The summed E-state index contributed by atoms with van der Waals surface area (Å²) in [6.07, 6.45) is 2.02. The Hall–Kier alpha value is -1.84. The van der Waals surface area contributed by atoms with E-state index in [1.54, 1.807) is 0 Å².